The molecule has 10 nitrogen and oxygen atoms in total. The molecule has 0 fully saturated rings. The summed E-state index contributed by atoms with van der Waals surface area (Å²) < 4.78 is 5.93. The molecule has 0 spiro atoms. The zero-order chi connectivity index (χ0) is 18.6. The number of ether oxygens (including phenoxy) is 1. The minimum Gasteiger partial charge on any atom is -0.464 e. The number of nitro benzene ring substituents is 1. The van der Waals surface area contributed by atoms with Gasteiger partial charge in [0.15, 0.2) is 5.69 Å². The second-order valence-electron chi connectivity index (χ2n) is 4.89. The van der Waals surface area contributed by atoms with E-state index in [9.17, 15) is 14.9 Å². The molecule has 0 amide bonds. The maximum atomic E-state index is 12.0. The van der Waals surface area contributed by atoms with Crippen LogP contribution in [-0.2, 0) is 4.74 Å². The number of methoxy groups -OCH3 is 1. The number of anilines is 2. The van der Waals surface area contributed by atoms with Crippen LogP contribution in [0.4, 0.5) is 17.1 Å². The standard InChI is InChI=1S/C15H15N5O5/c1-25-15(22)14-13(17)9(7-16)8-19(14)10-2-3-11(18-4-5-21)12(6-10)20(23)24/h2-3,6,8,18,21H,4-5,17H2,1H3. The number of nitro groups is 1. The Hall–Kier alpha value is -3.58. The number of rotatable bonds is 6. The number of hydrogen-bond donors (Lipinski definition) is 3. The minimum atomic E-state index is -0.774. The molecule has 0 aliphatic heterocycles. The van der Waals surface area contributed by atoms with E-state index in [-0.39, 0.29) is 47.2 Å². The average Bonchev–Trinajstić information content (AvgIpc) is 2.95. The number of hydrogen-bond acceptors (Lipinski definition) is 8. The predicted molar refractivity (Wildman–Crippen MR) is 88.5 cm³/mol. The number of aromatic nitrogens is 1. The smallest absolute Gasteiger partial charge is 0.357 e. The summed E-state index contributed by atoms with van der Waals surface area (Å²) in [6, 6.07) is 6.03. The Kier molecular flexibility index (Phi) is 5.21. The van der Waals surface area contributed by atoms with Gasteiger partial charge in [0.25, 0.3) is 5.69 Å². The largest absolute Gasteiger partial charge is 0.464 e. The Morgan fingerprint density at radius 1 is 1.56 bits per heavy atom. The lowest BCUT2D eigenvalue weighted by Crippen LogP contribution is -2.12. The van der Waals surface area contributed by atoms with Gasteiger partial charge in [-0.15, -0.1) is 0 Å². The molecular weight excluding hydrogens is 330 g/mol. The lowest BCUT2D eigenvalue weighted by atomic mass is 10.2. The monoisotopic (exact) mass is 345 g/mol. The molecule has 0 aliphatic rings. The van der Waals surface area contributed by atoms with E-state index in [0.29, 0.717) is 0 Å². The zero-order valence-corrected chi connectivity index (χ0v) is 13.2. The third-order valence-corrected chi connectivity index (χ3v) is 3.43. The van der Waals surface area contributed by atoms with E-state index in [1.807, 2.05) is 6.07 Å². The van der Waals surface area contributed by atoms with E-state index >= 15 is 0 Å². The fraction of sp³-hybridized carbons (Fsp3) is 0.200. The molecule has 0 saturated carbocycles. The molecule has 0 unspecified atom stereocenters. The Bertz CT molecular complexity index is 868. The van der Waals surface area contributed by atoms with Gasteiger partial charge >= 0.3 is 5.97 Å². The Morgan fingerprint density at radius 3 is 2.84 bits per heavy atom. The minimum absolute atomic E-state index is 0.0468. The molecule has 0 bridgehead atoms. The Balaban J connectivity index is 2.63. The van der Waals surface area contributed by atoms with E-state index in [2.05, 4.69) is 10.1 Å². The number of benzene rings is 1. The molecule has 130 valence electrons. The predicted octanol–water partition coefficient (Wildman–Crippen LogP) is 1.03. The molecule has 1 heterocycles. The van der Waals surface area contributed by atoms with Crippen LogP contribution in [-0.4, -0.2) is 40.8 Å². The first-order valence-electron chi connectivity index (χ1n) is 7.07. The fourth-order valence-corrected chi connectivity index (χ4v) is 2.28. The van der Waals surface area contributed by atoms with Crippen molar-refractivity contribution in [1.82, 2.24) is 4.57 Å². The third kappa shape index (κ3) is 3.36. The SMILES string of the molecule is COC(=O)c1c(N)c(C#N)cn1-c1ccc(NCCO)c([N+](=O)[O-])c1. The highest BCUT2D eigenvalue weighted by atomic mass is 16.6. The molecule has 2 aromatic rings. The first-order chi connectivity index (χ1) is 11.9. The summed E-state index contributed by atoms with van der Waals surface area (Å²) >= 11 is 0. The lowest BCUT2D eigenvalue weighted by molar-refractivity contribution is -0.383. The van der Waals surface area contributed by atoms with E-state index < -0.39 is 10.9 Å². The van der Waals surface area contributed by atoms with Gasteiger partial charge in [-0.1, -0.05) is 0 Å². The molecule has 2 rings (SSSR count). The number of aliphatic hydroxyl groups excluding tert-OH is 1. The molecule has 4 N–H and O–H groups in total. The van der Waals surface area contributed by atoms with Gasteiger partial charge in [-0.2, -0.15) is 5.26 Å². The molecule has 0 radical (unpaired) electrons. The van der Waals surface area contributed by atoms with Gasteiger partial charge in [-0.25, -0.2) is 4.79 Å². The van der Waals surface area contributed by atoms with Crippen LogP contribution in [0.1, 0.15) is 16.1 Å². The summed E-state index contributed by atoms with van der Waals surface area (Å²) in [7, 11) is 1.16. The summed E-state index contributed by atoms with van der Waals surface area (Å²) in [6.45, 7) is -0.0479. The second kappa shape index (κ2) is 7.33. The van der Waals surface area contributed by atoms with Crippen LogP contribution in [0.2, 0.25) is 0 Å². The highest BCUT2D eigenvalue weighted by Gasteiger charge is 2.23. The number of carbonyl (C=O) groups excluding carboxylic acids is 1. The summed E-state index contributed by atoms with van der Waals surface area (Å²) in [5.74, 6) is -0.774. The summed E-state index contributed by atoms with van der Waals surface area (Å²) in [6.07, 6.45) is 1.31. The van der Waals surface area contributed by atoms with Crippen molar-refractivity contribution in [2.75, 3.05) is 31.3 Å². The van der Waals surface area contributed by atoms with Crippen LogP contribution in [0.25, 0.3) is 5.69 Å². The molecule has 0 atom stereocenters. The number of carbonyl (C=O) groups is 1. The first-order valence-corrected chi connectivity index (χ1v) is 7.07. The molecular formula is C15H15N5O5. The van der Waals surface area contributed by atoms with E-state index in [1.165, 1.54) is 29.0 Å². The van der Waals surface area contributed by atoms with Crippen molar-refractivity contribution in [2.24, 2.45) is 0 Å². The number of nitrogens with two attached hydrogens (primary N) is 1. The Morgan fingerprint density at radius 2 is 2.28 bits per heavy atom. The average molecular weight is 345 g/mol. The van der Waals surface area contributed by atoms with Gasteiger partial charge in [0, 0.05) is 18.8 Å². The number of esters is 1. The summed E-state index contributed by atoms with van der Waals surface area (Å²) in [5.41, 5.74) is 5.90. The highest BCUT2D eigenvalue weighted by Crippen LogP contribution is 2.30. The van der Waals surface area contributed by atoms with Crippen LogP contribution in [0, 0.1) is 21.4 Å². The maximum absolute atomic E-state index is 12.0. The van der Waals surface area contributed by atoms with Crippen molar-refractivity contribution in [1.29, 1.82) is 5.26 Å². The molecule has 0 aliphatic carbocycles. The normalized spacial score (nSPS) is 10.1. The van der Waals surface area contributed by atoms with Crippen molar-refractivity contribution >= 4 is 23.0 Å². The van der Waals surface area contributed by atoms with Crippen molar-refractivity contribution < 1.29 is 19.6 Å². The van der Waals surface area contributed by atoms with Gasteiger partial charge in [-0.05, 0) is 12.1 Å². The van der Waals surface area contributed by atoms with Gasteiger partial charge < -0.3 is 25.5 Å². The van der Waals surface area contributed by atoms with Crippen LogP contribution >= 0.6 is 0 Å². The van der Waals surface area contributed by atoms with Crippen LogP contribution < -0.4 is 11.1 Å². The van der Waals surface area contributed by atoms with Crippen molar-refractivity contribution in [2.45, 2.75) is 0 Å². The first kappa shape index (κ1) is 17.8. The number of aliphatic hydroxyl groups is 1. The lowest BCUT2D eigenvalue weighted by Gasteiger charge is -2.11. The fourth-order valence-electron chi connectivity index (χ4n) is 2.28. The quantitative estimate of drug-likeness (QED) is 0.398. The van der Waals surface area contributed by atoms with Gasteiger partial charge in [0.1, 0.15) is 11.8 Å². The summed E-state index contributed by atoms with van der Waals surface area (Å²) in [4.78, 5) is 22.7. The van der Waals surface area contributed by atoms with Crippen LogP contribution in [0.5, 0.6) is 0 Å². The van der Waals surface area contributed by atoms with E-state index in [1.54, 1.807) is 0 Å². The summed E-state index contributed by atoms with van der Waals surface area (Å²) in [5, 5.41) is 32.0. The molecule has 10 heteroatoms. The number of nitrogens with one attached hydrogen (secondary N) is 1. The Labute approximate surface area is 142 Å². The second-order valence-corrected chi connectivity index (χ2v) is 4.89. The van der Waals surface area contributed by atoms with E-state index in [4.69, 9.17) is 16.1 Å². The molecule has 25 heavy (non-hydrogen) atoms. The highest BCUT2D eigenvalue weighted by molar-refractivity contribution is 5.96. The van der Waals surface area contributed by atoms with Gasteiger partial charge in [0.2, 0.25) is 0 Å². The molecule has 1 aromatic carbocycles. The van der Waals surface area contributed by atoms with Crippen molar-refractivity contribution in [3.8, 4) is 11.8 Å². The van der Waals surface area contributed by atoms with E-state index in [0.717, 1.165) is 7.11 Å². The van der Waals surface area contributed by atoms with Crippen LogP contribution in [0.3, 0.4) is 0 Å². The number of nitrogens with zero attached hydrogens (tertiary/aromatic N) is 3. The number of nitriles is 1. The maximum Gasteiger partial charge on any atom is 0.357 e. The number of nitrogen functional groups attached to an aromatic ring is 1. The van der Waals surface area contributed by atoms with Crippen LogP contribution in [0.15, 0.2) is 24.4 Å². The van der Waals surface area contributed by atoms with Gasteiger partial charge in [-0.3, -0.25) is 10.1 Å². The molecule has 1 aromatic heterocycles. The van der Waals surface area contributed by atoms with Crippen molar-refractivity contribution in [3.63, 3.8) is 0 Å². The zero-order valence-electron chi connectivity index (χ0n) is 13.2. The van der Waals surface area contributed by atoms with Gasteiger partial charge in [0.05, 0.1) is 35.6 Å². The van der Waals surface area contributed by atoms with Crippen molar-refractivity contribution in [3.05, 3.63) is 45.8 Å². The third-order valence-electron chi connectivity index (χ3n) is 3.43. The topological polar surface area (TPSA) is 156 Å². The molecule has 0 saturated heterocycles.